The van der Waals surface area contributed by atoms with Crippen LogP contribution in [0.25, 0.3) is 11.4 Å². The van der Waals surface area contributed by atoms with Crippen LogP contribution in [-0.4, -0.2) is 45.6 Å². The third-order valence-electron chi connectivity index (χ3n) is 5.41. The number of aromatic amines is 1. The van der Waals surface area contributed by atoms with E-state index in [0.717, 1.165) is 24.0 Å². The van der Waals surface area contributed by atoms with Gasteiger partial charge in [-0.2, -0.15) is 0 Å². The van der Waals surface area contributed by atoms with Gasteiger partial charge in [-0.25, -0.2) is 4.98 Å². The van der Waals surface area contributed by atoms with Gasteiger partial charge in [-0.15, -0.1) is 0 Å². The second-order valence-electron chi connectivity index (χ2n) is 7.15. The molecule has 0 spiro atoms. The van der Waals surface area contributed by atoms with Crippen LogP contribution in [0.1, 0.15) is 28.9 Å². The zero-order chi connectivity index (χ0) is 18.7. The predicted molar refractivity (Wildman–Crippen MR) is 104 cm³/mol. The van der Waals surface area contributed by atoms with Crippen molar-refractivity contribution in [1.82, 2.24) is 14.9 Å². The summed E-state index contributed by atoms with van der Waals surface area (Å²) in [6.45, 7) is 1.22. The van der Waals surface area contributed by atoms with Gasteiger partial charge in [0.25, 0.3) is 5.91 Å². The zero-order valence-electron chi connectivity index (χ0n) is 15.1. The first-order valence-corrected chi connectivity index (χ1v) is 9.28. The number of aliphatic hydroxyl groups is 1. The van der Waals surface area contributed by atoms with E-state index in [1.165, 1.54) is 0 Å². The van der Waals surface area contributed by atoms with Gasteiger partial charge < -0.3 is 15.0 Å². The maximum absolute atomic E-state index is 13.1. The largest absolute Gasteiger partial charge is 0.395 e. The fourth-order valence-electron chi connectivity index (χ4n) is 3.90. The molecule has 138 valence electrons. The van der Waals surface area contributed by atoms with E-state index in [-0.39, 0.29) is 12.5 Å². The number of aliphatic hydroxyl groups excluding tert-OH is 1. The minimum atomic E-state index is -0.405. The van der Waals surface area contributed by atoms with E-state index in [2.05, 4.69) is 9.97 Å². The Bertz CT molecular complexity index is 908. The van der Waals surface area contributed by atoms with Crippen LogP contribution in [0.15, 0.2) is 66.9 Å². The van der Waals surface area contributed by atoms with Crippen LogP contribution in [0.2, 0.25) is 0 Å². The molecular formula is C22H23N3O2. The Balaban J connectivity index is 1.56. The molecule has 1 atom stereocenters. The van der Waals surface area contributed by atoms with Gasteiger partial charge in [-0.1, -0.05) is 60.7 Å². The average molecular weight is 361 g/mol. The number of imidazole rings is 1. The predicted octanol–water partition coefficient (Wildman–Crippen LogP) is 3.24. The molecule has 1 unspecified atom stereocenters. The molecule has 4 rings (SSSR count). The lowest BCUT2D eigenvalue weighted by Crippen LogP contribution is -2.50. The average Bonchev–Trinajstić information content (AvgIpc) is 3.25. The first-order valence-electron chi connectivity index (χ1n) is 9.28. The normalized spacial score (nSPS) is 19.8. The molecule has 1 saturated heterocycles. The summed E-state index contributed by atoms with van der Waals surface area (Å²) in [5.41, 5.74) is 2.11. The van der Waals surface area contributed by atoms with Gasteiger partial charge in [0.15, 0.2) is 0 Å². The smallest absolute Gasteiger partial charge is 0.271 e. The molecule has 5 heteroatoms. The highest BCUT2D eigenvalue weighted by molar-refractivity contribution is 5.93. The third kappa shape index (κ3) is 3.38. The number of hydrogen-bond donors (Lipinski definition) is 2. The first kappa shape index (κ1) is 17.5. The van der Waals surface area contributed by atoms with Crippen molar-refractivity contribution in [2.45, 2.75) is 18.3 Å². The van der Waals surface area contributed by atoms with E-state index in [1.54, 1.807) is 6.20 Å². The number of carbonyl (C=O) groups excluding carboxylic acids is 1. The molecule has 3 aromatic rings. The molecule has 1 aromatic heterocycles. The molecule has 0 radical (unpaired) electrons. The molecular weight excluding hydrogens is 338 g/mol. The number of likely N-dealkylation sites (tertiary alicyclic amines) is 1. The van der Waals surface area contributed by atoms with Gasteiger partial charge in [-0.05, 0) is 18.4 Å². The molecule has 27 heavy (non-hydrogen) atoms. The minimum Gasteiger partial charge on any atom is -0.395 e. The topological polar surface area (TPSA) is 69.2 Å². The maximum atomic E-state index is 13.1. The summed E-state index contributed by atoms with van der Waals surface area (Å²) in [6.07, 6.45) is 3.33. The van der Waals surface area contributed by atoms with Crippen LogP contribution in [0.4, 0.5) is 0 Å². The van der Waals surface area contributed by atoms with Crippen LogP contribution in [0.5, 0.6) is 0 Å². The lowest BCUT2D eigenvalue weighted by Gasteiger charge is -2.42. The number of carbonyl (C=O) groups is 1. The van der Waals surface area contributed by atoms with Crippen molar-refractivity contribution in [2.75, 3.05) is 19.7 Å². The van der Waals surface area contributed by atoms with Crippen molar-refractivity contribution >= 4 is 5.91 Å². The van der Waals surface area contributed by atoms with Gasteiger partial charge in [0.05, 0.1) is 12.8 Å². The maximum Gasteiger partial charge on any atom is 0.271 e. The minimum absolute atomic E-state index is 0.0268. The van der Waals surface area contributed by atoms with Gasteiger partial charge >= 0.3 is 0 Å². The summed E-state index contributed by atoms with van der Waals surface area (Å²) in [5.74, 6) is 0.616. The van der Waals surface area contributed by atoms with Gasteiger partial charge in [0.2, 0.25) is 0 Å². The van der Waals surface area contributed by atoms with Crippen molar-refractivity contribution in [1.29, 1.82) is 0 Å². The number of benzene rings is 2. The molecule has 0 aliphatic carbocycles. The molecule has 1 aliphatic heterocycles. The number of hydrogen-bond acceptors (Lipinski definition) is 3. The van der Waals surface area contributed by atoms with E-state index in [1.807, 2.05) is 65.6 Å². The standard InChI is InChI=1S/C22H23N3O2/c26-16-22(18-10-5-2-6-11-18)12-7-13-25(15-22)21(27)19-14-23-20(24-19)17-8-3-1-4-9-17/h1-6,8-11,14,26H,7,12-13,15-16H2,(H,23,24). The monoisotopic (exact) mass is 361 g/mol. The lowest BCUT2D eigenvalue weighted by molar-refractivity contribution is 0.0538. The Morgan fingerprint density at radius 1 is 1.11 bits per heavy atom. The fourth-order valence-corrected chi connectivity index (χ4v) is 3.90. The summed E-state index contributed by atoms with van der Waals surface area (Å²) in [5, 5.41) is 10.2. The van der Waals surface area contributed by atoms with E-state index in [0.29, 0.717) is 24.6 Å². The molecule has 0 bridgehead atoms. The summed E-state index contributed by atoms with van der Waals surface area (Å²) in [4.78, 5) is 22.4. The highest BCUT2D eigenvalue weighted by Gasteiger charge is 2.38. The second-order valence-corrected chi connectivity index (χ2v) is 7.15. The van der Waals surface area contributed by atoms with E-state index in [9.17, 15) is 9.90 Å². The SMILES string of the molecule is O=C(c1cnc(-c2ccccc2)[nH]1)N1CCCC(CO)(c2ccccc2)C1. The van der Waals surface area contributed by atoms with Crippen LogP contribution in [-0.2, 0) is 5.41 Å². The summed E-state index contributed by atoms with van der Waals surface area (Å²) in [6, 6.07) is 19.8. The molecule has 2 N–H and O–H groups in total. The van der Waals surface area contributed by atoms with Crippen molar-refractivity contribution in [3.8, 4) is 11.4 Å². The van der Waals surface area contributed by atoms with Gasteiger partial charge in [0, 0.05) is 24.1 Å². The number of piperidine rings is 1. The van der Waals surface area contributed by atoms with Crippen LogP contribution >= 0.6 is 0 Å². The number of H-pyrrole nitrogens is 1. The number of nitrogens with zero attached hydrogens (tertiary/aromatic N) is 2. The number of nitrogens with one attached hydrogen (secondary N) is 1. The summed E-state index contributed by atoms with van der Waals surface area (Å²) < 4.78 is 0. The van der Waals surface area contributed by atoms with Crippen LogP contribution < -0.4 is 0 Å². The van der Waals surface area contributed by atoms with E-state index < -0.39 is 5.41 Å². The molecule has 1 aliphatic rings. The van der Waals surface area contributed by atoms with Crippen molar-refractivity contribution in [2.24, 2.45) is 0 Å². The highest BCUT2D eigenvalue weighted by Crippen LogP contribution is 2.34. The molecule has 1 fully saturated rings. The summed E-state index contributed by atoms with van der Waals surface area (Å²) in [7, 11) is 0. The van der Waals surface area contributed by atoms with Gasteiger partial charge in [0.1, 0.15) is 11.5 Å². The molecule has 2 heterocycles. The Kier molecular flexibility index (Phi) is 4.77. The summed E-state index contributed by atoms with van der Waals surface area (Å²) >= 11 is 0. The zero-order valence-corrected chi connectivity index (χ0v) is 15.1. The number of rotatable bonds is 4. The van der Waals surface area contributed by atoms with Crippen molar-refractivity contribution < 1.29 is 9.90 Å². The molecule has 0 saturated carbocycles. The second kappa shape index (κ2) is 7.37. The Hall–Kier alpha value is -2.92. The van der Waals surface area contributed by atoms with E-state index >= 15 is 0 Å². The molecule has 1 amide bonds. The van der Waals surface area contributed by atoms with Gasteiger partial charge in [-0.3, -0.25) is 4.79 Å². The Morgan fingerprint density at radius 3 is 2.52 bits per heavy atom. The quantitative estimate of drug-likeness (QED) is 0.749. The lowest BCUT2D eigenvalue weighted by atomic mass is 9.74. The molecule has 5 nitrogen and oxygen atoms in total. The number of aromatic nitrogens is 2. The third-order valence-corrected chi connectivity index (χ3v) is 5.41. The highest BCUT2D eigenvalue weighted by atomic mass is 16.3. The molecule has 2 aromatic carbocycles. The van der Waals surface area contributed by atoms with E-state index in [4.69, 9.17) is 0 Å². The first-order chi connectivity index (χ1) is 13.2. The van der Waals surface area contributed by atoms with Crippen LogP contribution in [0.3, 0.4) is 0 Å². The Morgan fingerprint density at radius 2 is 1.81 bits per heavy atom. The fraction of sp³-hybridized carbons (Fsp3) is 0.273. The number of amides is 1. The van der Waals surface area contributed by atoms with Crippen molar-refractivity contribution in [3.05, 3.63) is 78.1 Å². The van der Waals surface area contributed by atoms with Crippen molar-refractivity contribution in [3.63, 3.8) is 0 Å². The van der Waals surface area contributed by atoms with Crippen LogP contribution in [0, 0.1) is 0 Å². The Labute approximate surface area is 158 Å².